The maximum atomic E-state index is 10.4. The third-order valence-corrected chi connectivity index (χ3v) is 4.95. The minimum Gasteiger partial charge on any atom is -0.497 e. The lowest BCUT2D eigenvalue weighted by Crippen LogP contribution is -2.45. The zero-order chi connectivity index (χ0) is 18.3. The average molecular weight is 348 g/mol. The first-order valence-electron chi connectivity index (χ1n) is 9.30. The highest BCUT2D eigenvalue weighted by atomic mass is 16.5. The van der Waals surface area contributed by atoms with Crippen molar-refractivity contribution in [1.29, 1.82) is 0 Å². The molecule has 5 nitrogen and oxygen atoms in total. The number of aliphatic imine (C=N–C) groups is 1. The Labute approximate surface area is 151 Å². The van der Waals surface area contributed by atoms with Crippen LogP contribution in [0.2, 0.25) is 0 Å². The summed E-state index contributed by atoms with van der Waals surface area (Å²) >= 11 is 0. The fourth-order valence-corrected chi connectivity index (χ4v) is 3.17. The van der Waals surface area contributed by atoms with Crippen LogP contribution in [0.25, 0.3) is 0 Å². The van der Waals surface area contributed by atoms with Crippen molar-refractivity contribution >= 4 is 5.96 Å². The lowest BCUT2D eigenvalue weighted by molar-refractivity contribution is 0.186. The molecule has 0 radical (unpaired) electrons. The second-order valence-electron chi connectivity index (χ2n) is 7.59. The Balaban J connectivity index is 1.91. The maximum absolute atomic E-state index is 10.4. The highest BCUT2D eigenvalue weighted by molar-refractivity contribution is 5.80. The lowest BCUT2D eigenvalue weighted by Gasteiger charge is -2.35. The van der Waals surface area contributed by atoms with E-state index < -0.39 is 6.10 Å². The quantitative estimate of drug-likeness (QED) is 0.546. The zero-order valence-electron chi connectivity index (χ0n) is 16.0. The first kappa shape index (κ1) is 19.6. The molecule has 25 heavy (non-hydrogen) atoms. The van der Waals surface area contributed by atoms with Crippen molar-refractivity contribution in [3.05, 3.63) is 29.8 Å². The first-order valence-corrected chi connectivity index (χ1v) is 9.30. The normalized spacial score (nSPS) is 19.3. The van der Waals surface area contributed by atoms with E-state index in [2.05, 4.69) is 36.4 Å². The van der Waals surface area contributed by atoms with Crippen LogP contribution >= 0.6 is 0 Å². The van der Waals surface area contributed by atoms with Crippen molar-refractivity contribution in [2.24, 2.45) is 10.4 Å². The molecule has 1 aliphatic rings. The van der Waals surface area contributed by atoms with Crippen LogP contribution in [-0.2, 0) is 0 Å². The van der Waals surface area contributed by atoms with Crippen molar-refractivity contribution < 1.29 is 9.84 Å². The Morgan fingerprint density at radius 1 is 1.28 bits per heavy atom. The smallest absolute Gasteiger partial charge is 0.191 e. The number of nitrogens with zero attached hydrogens (tertiary/aromatic N) is 1. The van der Waals surface area contributed by atoms with Crippen LogP contribution in [0.4, 0.5) is 0 Å². The van der Waals surface area contributed by atoms with Crippen molar-refractivity contribution in [3.63, 3.8) is 0 Å². The van der Waals surface area contributed by atoms with E-state index in [1.165, 1.54) is 25.7 Å². The van der Waals surface area contributed by atoms with Gasteiger partial charge in [-0.1, -0.05) is 26.0 Å². The number of ether oxygens (including phenoxy) is 1. The molecule has 0 bridgehead atoms. The van der Waals surface area contributed by atoms with E-state index in [0.717, 1.165) is 23.8 Å². The van der Waals surface area contributed by atoms with Gasteiger partial charge in [0.1, 0.15) is 5.75 Å². The molecule has 1 fully saturated rings. The largest absolute Gasteiger partial charge is 0.497 e. The fraction of sp³-hybridized carbons (Fsp3) is 0.650. The lowest BCUT2D eigenvalue weighted by atomic mass is 9.75. The molecule has 140 valence electrons. The van der Waals surface area contributed by atoms with E-state index in [1.807, 2.05) is 24.3 Å². The summed E-state index contributed by atoms with van der Waals surface area (Å²) in [6.45, 7) is 7.88. The zero-order valence-corrected chi connectivity index (χ0v) is 16.0. The van der Waals surface area contributed by atoms with Crippen LogP contribution in [-0.4, -0.2) is 37.3 Å². The highest BCUT2D eigenvalue weighted by Gasteiger charge is 2.27. The number of hydrogen-bond acceptors (Lipinski definition) is 3. The topological polar surface area (TPSA) is 65.9 Å². The van der Waals surface area contributed by atoms with E-state index in [-0.39, 0.29) is 0 Å². The van der Waals surface area contributed by atoms with Gasteiger partial charge in [0, 0.05) is 12.6 Å². The monoisotopic (exact) mass is 347 g/mol. The second-order valence-corrected chi connectivity index (χ2v) is 7.59. The number of rotatable bonds is 6. The number of aliphatic hydroxyl groups excluding tert-OH is 1. The van der Waals surface area contributed by atoms with Crippen molar-refractivity contribution in [2.75, 3.05) is 20.2 Å². The summed E-state index contributed by atoms with van der Waals surface area (Å²) in [5.74, 6) is 1.58. The molecule has 1 unspecified atom stereocenters. The van der Waals surface area contributed by atoms with Crippen LogP contribution in [0.15, 0.2) is 29.3 Å². The second kappa shape index (κ2) is 9.09. The van der Waals surface area contributed by atoms with E-state index in [0.29, 0.717) is 18.0 Å². The summed E-state index contributed by atoms with van der Waals surface area (Å²) in [7, 11) is 1.64. The van der Waals surface area contributed by atoms with E-state index in [1.54, 1.807) is 7.11 Å². The molecule has 0 aliphatic heterocycles. The Kier molecular flexibility index (Phi) is 7.12. The van der Waals surface area contributed by atoms with Crippen LogP contribution in [0.1, 0.15) is 58.1 Å². The maximum Gasteiger partial charge on any atom is 0.191 e. The van der Waals surface area contributed by atoms with Crippen LogP contribution in [0.5, 0.6) is 5.75 Å². The Morgan fingerprint density at radius 3 is 2.48 bits per heavy atom. The van der Waals surface area contributed by atoms with Gasteiger partial charge in [-0.05, 0) is 55.7 Å². The predicted octanol–water partition coefficient (Wildman–Crippen LogP) is 3.25. The third-order valence-electron chi connectivity index (χ3n) is 4.95. The van der Waals surface area contributed by atoms with E-state index in [9.17, 15) is 5.11 Å². The molecule has 1 aromatic carbocycles. The van der Waals surface area contributed by atoms with Gasteiger partial charge in [-0.2, -0.15) is 0 Å². The third kappa shape index (κ3) is 6.24. The van der Waals surface area contributed by atoms with Gasteiger partial charge in [0.2, 0.25) is 0 Å². The number of hydrogen-bond donors (Lipinski definition) is 3. The Bertz CT molecular complexity index is 545. The molecule has 0 saturated heterocycles. The number of guanidine groups is 1. The summed E-state index contributed by atoms with van der Waals surface area (Å²) in [5.41, 5.74) is 1.30. The molecule has 5 heteroatoms. The molecular formula is C20H33N3O2. The van der Waals surface area contributed by atoms with E-state index in [4.69, 9.17) is 4.74 Å². The van der Waals surface area contributed by atoms with Crippen molar-refractivity contribution in [2.45, 2.75) is 58.6 Å². The van der Waals surface area contributed by atoms with Crippen molar-refractivity contribution in [3.8, 4) is 5.75 Å². The number of methoxy groups -OCH3 is 1. The van der Waals surface area contributed by atoms with Crippen LogP contribution < -0.4 is 15.4 Å². The summed E-state index contributed by atoms with van der Waals surface area (Å²) < 4.78 is 5.15. The summed E-state index contributed by atoms with van der Waals surface area (Å²) in [6.07, 6.45) is 4.18. The van der Waals surface area contributed by atoms with Gasteiger partial charge < -0.3 is 20.5 Å². The summed E-state index contributed by atoms with van der Waals surface area (Å²) in [6, 6.07) is 7.93. The SMILES string of the molecule is CCNC(=NCC(O)c1ccc(OC)cc1)NC1CCC(C)(C)CC1. The standard InChI is InChI=1S/C20H33N3O2/c1-5-21-19(23-16-10-12-20(2,3)13-11-16)22-14-18(24)15-6-8-17(25-4)9-7-15/h6-9,16,18,24H,5,10-14H2,1-4H3,(H2,21,22,23). The van der Waals surface area contributed by atoms with Gasteiger partial charge in [-0.25, -0.2) is 0 Å². The molecule has 0 heterocycles. The Hall–Kier alpha value is -1.75. The molecule has 0 amide bonds. The van der Waals surface area contributed by atoms with Gasteiger partial charge in [0.25, 0.3) is 0 Å². The van der Waals surface area contributed by atoms with Gasteiger partial charge in [-0.3, -0.25) is 4.99 Å². The molecule has 1 aliphatic carbocycles. The molecular weight excluding hydrogens is 314 g/mol. The predicted molar refractivity (Wildman–Crippen MR) is 103 cm³/mol. The molecule has 1 atom stereocenters. The van der Waals surface area contributed by atoms with Crippen LogP contribution in [0.3, 0.4) is 0 Å². The van der Waals surface area contributed by atoms with Crippen LogP contribution in [0, 0.1) is 5.41 Å². The molecule has 0 spiro atoms. The highest BCUT2D eigenvalue weighted by Crippen LogP contribution is 2.34. The minimum absolute atomic E-state index is 0.333. The molecule has 0 aromatic heterocycles. The minimum atomic E-state index is -0.619. The fourth-order valence-electron chi connectivity index (χ4n) is 3.17. The number of benzene rings is 1. The van der Waals surface area contributed by atoms with Gasteiger partial charge in [-0.15, -0.1) is 0 Å². The molecule has 2 rings (SSSR count). The van der Waals surface area contributed by atoms with Gasteiger partial charge >= 0.3 is 0 Å². The number of aliphatic hydroxyl groups is 1. The first-order chi connectivity index (χ1) is 11.9. The number of nitrogens with one attached hydrogen (secondary N) is 2. The molecule has 1 saturated carbocycles. The average Bonchev–Trinajstić information content (AvgIpc) is 2.61. The van der Waals surface area contributed by atoms with Crippen molar-refractivity contribution in [1.82, 2.24) is 10.6 Å². The van der Waals surface area contributed by atoms with E-state index >= 15 is 0 Å². The summed E-state index contributed by atoms with van der Waals surface area (Å²) in [4.78, 5) is 4.58. The van der Waals surface area contributed by atoms with Gasteiger partial charge in [0.15, 0.2) is 5.96 Å². The molecule has 3 N–H and O–H groups in total. The Morgan fingerprint density at radius 2 is 1.92 bits per heavy atom. The summed E-state index contributed by atoms with van der Waals surface area (Å²) in [5, 5.41) is 17.2. The van der Waals surface area contributed by atoms with Gasteiger partial charge in [0.05, 0.1) is 19.8 Å². The molecule has 1 aromatic rings.